The smallest absolute Gasteiger partial charge is 0.378 e. The third-order valence-electron chi connectivity index (χ3n) is 12.2. The molecule has 2 aromatic heterocycles. The summed E-state index contributed by atoms with van der Waals surface area (Å²) in [5, 5.41) is 19.9. The highest BCUT2D eigenvalue weighted by Gasteiger charge is 2.53. The second-order valence-corrected chi connectivity index (χ2v) is 17.2. The minimum absolute atomic E-state index is 0.0337. The first-order valence-corrected chi connectivity index (χ1v) is 20.9. The third kappa shape index (κ3) is 8.78. The molecule has 3 aliphatic heterocycles. The van der Waals surface area contributed by atoms with Gasteiger partial charge in [0.25, 0.3) is 5.91 Å². The van der Waals surface area contributed by atoms with E-state index in [1.54, 1.807) is 31.6 Å². The van der Waals surface area contributed by atoms with Gasteiger partial charge in [0.1, 0.15) is 11.6 Å². The summed E-state index contributed by atoms with van der Waals surface area (Å²) in [6, 6.07) is 7.28. The largest absolute Gasteiger partial charge is 0.419 e. The minimum Gasteiger partial charge on any atom is -0.378 e. The molecule has 3 aromatic rings. The number of piperazine rings is 1. The highest BCUT2D eigenvalue weighted by Crippen LogP contribution is 2.40. The van der Waals surface area contributed by atoms with Crippen molar-refractivity contribution in [2.75, 3.05) is 54.4 Å². The molecule has 4 aliphatic rings. The van der Waals surface area contributed by atoms with Crippen LogP contribution in [-0.4, -0.2) is 127 Å². The molecule has 1 saturated carbocycles. The van der Waals surface area contributed by atoms with Crippen LogP contribution in [0.25, 0.3) is 10.9 Å². The van der Waals surface area contributed by atoms with Crippen molar-refractivity contribution in [1.82, 2.24) is 34.8 Å². The van der Waals surface area contributed by atoms with Gasteiger partial charge in [0, 0.05) is 69.8 Å². The summed E-state index contributed by atoms with van der Waals surface area (Å²) in [6.45, 7) is 11.1. The fourth-order valence-corrected chi connectivity index (χ4v) is 9.81. The number of pyridine rings is 1. The number of urea groups is 1. The van der Waals surface area contributed by atoms with Crippen LogP contribution in [0.2, 0.25) is 0 Å². The Hall–Kier alpha value is -5.23. The van der Waals surface area contributed by atoms with E-state index in [1.165, 1.54) is 11.0 Å². The number of carbonyl (C=O) groups excluding carboxylic acids is 4. The van der Waals surface area contributed by atoms with Gasteiger partial charge in [-0.3, -0.25) is 39.1 Å². The Morgan fingerprint density at radius 2 is 1.82 bits per heavy atom. The number of fused-ring (bicyclic) bond motifs is 1. The Labute approximate surface area is 356 Å². The third-order valence-corrected chi connectivity index (χ3v) is 12.6. The van der Waals surface area contributed by atoms with Crippen LogP contribution in [0.1, 0.15) is 77.5 Å². The molecular weight excluding hydrogens is 816 g/mol. The van der Waals surface area contributed by atoms with Crippen molar-refractivity contribution >= 4 is 69.2 Å². The van der Waals surface area contributed by atoms with Gasteiger partial charge < -0.3 is 19.9 Å². The number of carbonyl (C=O) groups is 4. The second kappa shape index (κ2) is 17.3. The number of alkyl halides is 3. The fraction of sp³-hybridized carbons (Fsp3) is 0.561. The first-order valence-electron chi connectivity index (χ1n) is 20.5. The van der Waals surface area contributed by atoms with Gasteiger partial charge in [-0.15, -0.1) is 0 Å². The molecule has 5 heterocycles. The van der Waals surface area contributed by atoms with E-state index < -0.39 is 34.9 Å². The lowest BCUT2D eigenvalue weighted by Crippen LogP contribution is -2.58. The van der Waals surface area contributed by atoms with Gasteiger partial charge in [-0.1, -0.05) is 6.07 Å². The number of benzene rings is 1. The number of hydrogen-bond donors (Lipinski definition) is 2. The maximum atomic E-state index is 13.7. The van der Waals surface area contributed by atoms with Crippen molar-refractivity contribution in [2.45, 2.75) is 102 Å². The molecule has 5 amide bonds. The molecule has 4 fully saturated rings. The van der Waals surface area contributed by atoms with Gasteiger partial charge in [0.15, 0.2) is 16.6 Å². The van der Waals surface area contributed by atoms with Crippen molar-refractivity contribution < 1.29 is 37.1 Å². The molecule has 1 aliphatic carbocycles. The number of imide groups is 1. The number of amides is 5. The molecule has 0 unspecified atom stereocenters. The second-order valence-electron chi connectivity index (χ2n) is 16.8. The molecule has 1 aromatic carbocycles. The molecule has 2 N–H and O–H groups in total. The Bertz CT molecular complexity index is 2260. The van der Waals surface area contributed by atoms with Gasteiger partial charge in [0.05, 0.1) is 41.3 Å². The molecule has 7 rings (SSSR count). The first-order chi connectivity index (χ1) is 28.9. The van der Waals surface area contributed by atoms with E-state index in [0.717, 1.165) is 56.1 Å². The van der Waals surface area contributed by atoms with E-state index in [0.29, 0.717) is 41.9 Å². The van der Waals surface area contributed by atoms with E-state index in [2.05, 4.69) is 44.4 Å². The summed E-state index contributed by atoms with van der Waals surface area (Å²) < 4.78 is 49.1. The summed E-state index contributed by atoms with van der Waals surface area (Å²) in [7, 11) is 1.75. The van der Waals surface area contributed by atoms with Crippen LogP contribution in [0.15, 0.2) is 30.5 Å². The molecule has 16 nitrogen and oxygen atoms in total. The Morgan fingerprint density at radius 3 is 2.48 bits per heavy atom. The maximum absolute atomic E-state index is 13.7. The molecule has 0 spiro atoms. The predicted molar refractivity (Wildman–Crippen MR) is 223 cm³/mol. The predicted octanol–water partition coefficient (Wildman–Crippen LogP) is 4.77. The molecular formula is C41H50F3N11O5S. The number of thiocarbonyl (C=S) groups is 1. The van der Waals surface area contributed by atoms with Gasteiger partial charge in [-0.25, -0.2) is 9.78 Å². The number of nitrogens with zero attached hydrogens (tertiary/aromatic N) is 9. The number of aryl methyl sites for hydroxylation is 1. The molecule has 0 bridgehead atoms. The van der Waals surface area contributed by atoms with Crippen LogP contribution in [-0.2, 0) is 32.3 Å². The summed E-state index contributed by atoms with van der Waals surface area (Å²) >= 11 is 5.72. The molecule has 20 heteroatoms. The number of halogens is 3. The van der Waals surface area contributed by atoms with Crippen molar-refractivity contribution in [3.05, 3.63) is 41.7 Å². The number of nitrogens with one attached hydrogen (secondary N) is 2. The summed E-state index contributed by atoms with van der Waals surface area (Å²) in [4.78, 5) is 64.0. The topological polar surface area (TPSA) is 172 Å². The van der Waals surface area contributed by atoms with Crippen molar-refractivity contribution in [3.8, 4) is 6.07 Å². The standard InChI is InChI=1S/C41H50F3N11O5S/c1-24-21-51(22-25(2)53(24)23-34(57)47-31-9-6-8-29-35(31)50(5)49-36(29)52-16-14-33(56)48-38(52)59)15-7-17-60-28-12-10-26(11-13-28)55-39(61)54(37(58)40(55,3)4)27-18-30(41(42,43)44)32(19-45)46-20-27/h6,8-9,18,20,24-26,28H,7,10-17,21-23H2,1-5H3,(H,47,57)(H,48,56,59)/t24-,25+,26-,28-. The van der Waals surface area contributed by atoms with Crippen LogP contribution >= 0.6 is 12.2 Å². The Balaban J connectivity index is 0.861. The summed E-state index contributed by atoms with van der Waals surface area (Å²) in [6.07, 6.45) is 0.166. The Morgan fingerprint density at radius 1 is 1.11 bits per heavy atom. The number of anilines is 3. The lowest BCUT2D eigenvalue weighted by atomic mass is 9.89. The molecule has 326 valence electrons. The number of ether oxygens (including phenoxy) is 1. The van der Waals surface area contributed by atoms with Crippen LogP contribution in [0.3, 0.4) is 0 Å². The van der Waals surface area contributed by atoms with Gasteiger partial charge in [-0.05, 0) is 90.2 Å². The zero-order chi connectivity index (χ0) is 44.0. The first kappa shape index (κ1) is 43.8. The van der Waals surface area contributed by atoms with Crippen molar-refractivity contribution in [1.29, 1.82) is 5.26 Å². The number of nitriles is 1. The zero-order valence-electron chi connectivity index (χ0n) is 34.8. The number of aromatic nitrogens is 3. The lowest BCUT2D eigenvalue weighted by Gasteiger charge is -2.44. The van der Waals surface area contributed by atoms with Gasteiger partial charge in [-0.2, -0.15) is 23.5 Å². The number of para-hydroxylation sites is 1. The van der Waals surface area contributed by atoms with Crippen LogP contribution in [0.4, 0.5) is 35.2 Å². The van der Waals surface area contributed by atoms with Gasteiger partial charge >= 0.3 is 12.2 Å². The summed E-state index contributed by atoms with van der Waals surface area (Å²) in [5.74, 6) is -0.518. The monoisotopic (exact) mass is 865 g/mol. The van der Waals surface area contributed by atoms with E-state index in [9.17, 15) is 32.3 Å². The summed E-state index contributed by atoms with van der Waals surface area (Å²) in [5.41, 5.74) is -1.95. The SMILES string of the molecule is C[C@@H]1CN(CCCO[C@H]2CC[C@H](N3C(=S)N(c4cnc(C#N)c(C(F)(F)F)c4)C(=O)C3(C)C)CC2)C[C@H](C)N1CC(=O)Nc1cccc2c(N3CCC(=O)NC3=O)nn(C)c12. The molecule has 3 saturated heterocycles. The quantitative estimate of drug-likeness (QED) is 0.200. The molecule has 0 radical (unpaired) electrons. The normalized spacial score (nSPS) is 24.1. The van der Waals surface area contributed by atoms with Gasteiger partial charge in [0.2, 0.25) is 11.8 Å². The fourth-order valence-electron chi connectivity index (χ4n) is 9.24. The zero-order valence-corrected chi connectivity index (χ0v) is 35.6. The average Bonchev–Trinajstić information content (AvgIpc) is 3.62. The highest BCUT2D eigenvalue weighted by atomic mass is 32.1. The Kier molecular flexibility index (Phi) is 12.4. The van der Waals surface area contributed by atoms with E-state index in [1.807, 2.05) is 17.0 Å². The van der Waals surface area contributed by atoms with E-state index in [4.69, 9.17) is 22.2 Å². The number of hydrogen-bond acceptors (Lipinski definition) is 11. The van der Waals surface area contributed by atoms with Crippen LogP contribution in [0.5, 0.6) is 0 Å². The van der Waals surface area contributed by atoms with E-state index in [-0.39, 0.29) is 66.4 Å². The van der Waals surface area contributed by atoms with E-state index >= 15 is 0 Å². The average molecular weight is 866 g/mol. The lowest BCUT2D eigenvalue weighted by molar-refractivity contribution is -0.138. The molecule has 2 atom stereocenters. The van der Waals surface area contributed by atoms with Crippen LogP contribution < -0.4 is 20.4 Å². The maximum Gasteiger partial charge on any atom is 0.419 e. The highest BCUT2D eigenvalue weighted by molar-refractivity contribution is 7.80. The molecule has 61 heavy (non-hydrogen) atoms. The van der Waals surface area contributed by atoms with Crippen molar-refractivity contribution in [2.24, 2.45) is 7.05 Å². The van der Waals surface area contributed by atoms with Crippen LogP contribution in [0, 0.1) is 11.3 Å². The van der Waals surface area contributed by atoms with Crippen molar-refractivity contribution in [3.63, 3.8) is 0 Å². The minimum atomic E-state index is -4.83. The number of rotatable bonds is 11.